The maximum Gasteiger partial charge on any atom is 0.231 e. The zero-order valence-electron chi connectivity index (χ0n) is 13.1. The van der Waals surface area contributed by atoms with Gasteiger partial charge < -0.3 is 19.7 Å². The number of likely N-dealkylation sites (tertiary alicyclic amines) is 1. The van der Waals surface area contributed by atoms with E-state index in [9.17, 15) is 9.59 Å². The van der Waals surface area contributed by atoms with Crippen molar-refractivity contribution in [1.82, 2.24) is 10.2 Å². The van der Waals surface area contributed by atoms with E-state index in [2.05, 4.69) is 5.32 Å². The van der Waals surface area contributed by atoms with E-state index in [1.165, 1.54) is 0 Å². The molecule has 6 heteroatoms. The molecule has 4 rings (SSSR count). The van der Waals surface area contributed by atoms with Crippen LogP contribution in [0.4, 0.5) is 0 Å². The Morgan fingerprint density at radius 1 is 1.35 bits per heavy atom. The number of carbonyl (C=O) groups excluding carboxylic acids is 2. The molecular formula is C17H20N2O4. The molecule has 3 aliphatic rings. The molecule has 2 amide bonds. The summed E-state index contributed by atoms with van der Waals surface area (Å²) in [7, 11) is 0. The third kappa shape index (κ3) is 2.42. The molecule has 1 spiro atoms. The van der Waals surface area contributed by atoms with Crippen molar-refractivity contribution in [1.29, 1.82) is 0 Å². The Labute approximate surface area is 134 Å². The number of benzene rings is 1. The third-order valence-electron chi connectivity index (χ3n) is 5.21. The zero-order chi connectivity index (χ0) is 16.0. The topological polar surface area (TPSA) is 67.9 Å². The lowest BCUT2D eigenvalue weighted by molar-refractivity contribution is -0.132. The maximum atomic E-state index is 12.8. The molecule has 3 heterocycles. The van der Waals surface area contributed by atoms with Crippen LogP contribution in [0, 0.1) is 5.41 Å². The smallest absolute Gasteiger partial charge is 0.231 e. The molecule has 1 N–H and O–H groups in total. The summed E-state index contributed by atoms with van der Waals surface area (Å²) in [5.41, 5.74) is 0.877. The highest BCUT2D eigenvalue weighted by Crippen LogP contribution is 2.39. The molecule has 2 saturated heterocycles. The van der Waals surface area contributed by atoms with Gasteiger partial charge >= 0.3 is 0 Å². The molecule has 2 unspecified atom stereocenters. The predicted octanol–water partition coefficient (Wildman–Crippen LogP) is 1.26. The number of hydrogen-bond acceptors (Lipinski definition) is 4. The Hall–Kier alpha value is -2.24. The van der Waals surface area contributed by atoms with Crippen LogP contribution < -0.4 is 14.8 Å². The lowest BCUT2D eigenvalue weighted by Crippen LogP contribution is -2.35. The molecular weight excluding hydrogens is 296 g/mol. The van der Waals surface area contributed by atoms with Crippen molar-refractivity contribution >= 4 is 11.8 Å². The second kappa shape index (κ2) is 5.15. The highest BCUT2D eigenvalue weighted by molar-refractivity contribution is 5.84. The Morgan fingerprint density at radius 3 is 2.96 bits per heavy atom. The fourth-order valence-corrected chi connectivity index (χ4v) is 3.76. The maximum absolute atomic E-state index is 12.8. The van der Waals surface area contributed by atoms with Crippen LogP contribution in [0.25, 0.3) is 0 Å². The molecule has 6 nitrogen and oxygen atoms in total. The van der Waals surface area contributed by atoms with Crippen LogP contribution in [0.15, 0.2) is 18.2 Å². The van der Waals surface area contributed by atoms with Gasteiger partial charge in [0.25, 0.3) is 0 Å². The van der Waals surface area contributed by atoms with Gasteiger partial charge in [0.05, 0.1) is 5.92 Å². The number of ether oxygens (including phenoxy) is 2. The molecule has 1 aromatic carbocycles. The summed E-state index contributed by atoms with van der Waals surface area (Å²) in [6.07, 6.45) is 1.43. The summed E-state index contributed by atoms with van der Waals surface area (Å²) in [6, 6.07) is 5.66. The van der Waals surface area contributed by atoms with Gasteiger partial charge in [0, 0.05) is 31.5 Å². The van der Waals surface area contributed by atoms with Crippen molar-refractivity contribution in [3.05, 3.63) is 23.8 Å². The van der Waals surface area contributed by atoms with Gasteiger partial charge in [0.2, 0.25) is 18.6 Å². The van der Waals surface area contributed by atoms with Crippen molar-refractivity contribution < 1.29 is 19.1 Å². The normalized spacial score (nSPS) is 26.7. The fourth-order valence-electron chi connectivity index (χ4n) is 3.76. The van der Waals surface area contributed by atoms with Crippen LogP contribution in [0.5, 0.6) is 11.5 Å². The van der Waals surface area contributed by atoms with Gasteiger partial charge in [-0.25, -0.2) is 0 Å². The largest absolute Gasteiger partial charge is 0.454 e. The van der Waals surface area contributed by atoms with Crippen molar-refractivity contribution in [2.75, 3.05) is 26.4 Å². The van der Waals surface area contributed by atoms with Gasteiger partial charge in [-0.2, -0.15) is 0 Å². The molecule has 23 heavy (non-hydrogen) atoms. The van der Waals surface area contributed by atoms with Crippen LogP contribution >= 0.6 is 0 Å². The molecule has 1 aromatic rings. The Balaban J connectivity index is 1.48. The Kier molecular flexibility index (Phi) is 3.21. The monoisotopic (exact) mass is 316 g/mol. The van der Waals surface area contributed by atoms with Crippen LogP contribution in [0.1, 0.15) is 31.2 Å². The molecule has 0 saturated carbocycles. The summed E-state index contributed by atoms with van der Waals surface area (Å²) in [6.45, 7) is 4.23. The Bertz CT molecular complexity index is 675. The number of nitrogens with zero attached hydrogens (tertiary/aromatic N) is 1. The van der Waals surface area contributed by atoms with Gasteiger partial charge in [-0.15, -0.1) is 0 Å². The third-order valence-corrected chi connectivity index (χ3v) is 5.21. The lowest BCUT2D eigenvalue weighted by Gasteiger charge is -2.24. The first-order valence-corrected chi connectivity index (χ1v) is 8.01. The average Bonchev–Trinajstić information content (AvgIpc) is 3.26. The second-order valence-corrected chi connectivity index (χ2v) is 6.80. The number of carbonyl (C=O) groups is 2. The van der Waals surface area contributed by atoms with Crippen molar-refractivity contribution in [3.63, 3.8) is 0 Å². The highest BCUT2D eigenvalue weighted by atomic mass is 16.7. The van der Waals surface area contributed by atoms with Crippen LogP contribution in [-0.2, 0) is 9.59 Å². The van der Waals surface area contributed by atoms with Crippen molar-refractivity contribution in [3.8, 4) is 11.5 Å². The molecule has 0 aromatic heterocycles. The minimum Gasteiger partial charge on any atom is -0.454 e. The molecule has 0 radical (unpaired) electrons. The minimum absolute atomic E-state index is 0.0542. The van der Waals surface area contributed by atoms with Crippen molar-refractivity contribution in [2.45, 2.75) is 25.7 Å². The fraction of sp³-hybridized carbons (Fsp3) is 0.529. The van der Waals surface area contributed by atoms with Gasteiger partial charge in [-0.05, 0) is 31.0 Å². The molecule has 0 aliphatic carbocycles. The number of amides is 2. The Morgan fingerprint density at radius 2 is 2.17 bits per heavy atom. The van der Waals surface area contributed by atoms with Gasteiger partial charge in [0.1, 0.15) is 0 Å². The van der Waals surface area contributed by atoms with E-state index in [1.807, 2.05) is 30.0 Å². The molecule has 2 atom stereocenters. The lowest BCUT2D eigenvalue weighted by atomic mass is 9.86. The van der Waals surface area contributed by atoms with Gasteiger partial charge in [-0.1, -0.05) is 6.07 Å². The van der Waals surface area contributed by atoms with Gasteiger partial charge in [0.15, 0.2) is 11.5 Å². The summed E-state index contributed by atoms with van der Waals surface area (Å²) in [4.78, 5) is 26.2. The van der Waals surface area contributed by atoms with E-state index in [4.69, 9.17) is 9.47 Å². The van der Waals surface area contributed by atoms with E-state index >= 15 is 0 Å². The standard InChI is InChI=1S/C17H20N2O4/c1-11(12-2-3-13-14(6-12)23-10-22-13)16(21)19-5-4-17(9-19)7-15(20)18-8-17/h2-3,6,11H,4-5,7-10H2,1H3,(H,18,20). The molecule has 122 valence electrons. The predicted molar refractivity (Wildman–Crippen MR) is 82.2 cm³/mol. The summed E-state index contributed by atoms with van der Waals surface area (Å²) in [5.74, 6) is 1.41. The first-order valence-electron chi connectivity index (χ1n) is 8.01. The van der Waals surface area contributed by atoms with E-state index in [0.29, 0.717) is 25.3 Å². The quantitative estimate of drug-likeness (QED) is 0.892. The minimum atomic E-state index is -0.232. The van der Waals surface area contributed by atoms with Crippen LogP contribution in [0.2, 0.25) is 0 Å². The number of fused-ring (bicyclic) bond motifs is 1. The van der Waals surface area contributed by atoms with Crippen molar-refractivity contribution in [2.24, 2.45) is 5.41 Å². The van der Waals surface area contributed by atoms with Gasteiger partial charge in [-0.3, -0.25) is 9.59 Å². The summed E-state index contributed by atoms with van der Waals surface area (Å²) in [5, 5.41) is 2.89. The second-order valence-electron chi connectivity index (χ2n) is 6.80. The molecule has 0 bridgehead atoms. The zero-order valence-corrected chi connectivity index (χ0v) is 13.1. The van der Waals surface area contributed by atoms with E-state index < -0.39 is 0 Å². The SMILES string of the molecule is CC(C(=O)N1CCC2(CNC(=O)C2)C1)c1ccc2c(c1)OCO2. The summed E-state index contributed by atoms with van der Waals surface area (Å²) < 4.78 is 10.7. The molecule has 3 aliphatic heterocycles. The van der Waals surface area contributed by atoms with Crippen LogP contribution in [0.3, 0.4) is 0 Å². The van der Waals surface area contributed by atoms with E-state index in [-0.39, 0.29) is 29.9 Å². The number of hydrogen-bond donors (Lipinski definition) is 1. The average molecular weight is 316 g/mol. The highest BCUT2D eigenvalue weighted by Gasteiger charge is 2.45. The van der Waals surface area contributed by atoms with E-state index in [0.717, 1.165) is 24.3 Å². The number of nitrogens with one attached hydrogen (secondary N) is 1. The van der Waals surface area contributed by atoms with E-state index in [1.54, 1.807) is 0 Å². The first-order chi connectivity index (χ1) is 11.1. The number of rotatable bonds is 2. The van der Waals surface area contributed by atoms with Crippen LogP contribution in [-0.4, -0.2) is 43.1 Å². The first kappa shape index (κ1) is 14.4. The molecule has 2 fully saturated rings. The summed E-state index contributed by atoms with van der Waals surface area (Å²) >= 11 is 0.